The maximum absolute atomic E-state index is 9.89. The summed E-state index contributed by atoms with van der Waals surface area (Å²) in [7, 11) is -9.11. The summed E-state index contributed by atoms with van der Waals surface area (Å²) in [5.74, 6) is 0. The van der Waals surface area contributed by atoms with Crippen molar-refractivity contribution >= 4 is 43.9 Å². The maximum atomic E-state index is 9.89. The molecule has 0 spiro atoms. The fourth-order valence-corrected chi connectivity index (χ4v) is 1.80. The van der Waals surface area contributed by atoms with Gasteiger partial charge in [0.1, 0.15) is 12.5 Å². The zero-order valence-corrected chi connectivity index (χ0v) is 17.8. The molecule has 0 saturated carbocycles. The number of hydrogen-bond acceptors (Lipinski definition) is 8. The Balaban J connectivity index is -0.000000372. The van der Waals surface area contributed by atoms with E-state index in [0.717, 1.165) is 63.9 Å². The number of hydrogen-bond donors (Lipinski definition) is 0. The normalized spacial score (nSPS) is 11.7. The molecule has 0 rings (SSSR count). The standard InChI is InChI=1S/2C7H14O4S.Mg/c2*1-2-3-4-5-6-7-11-12(8,9)10;/h2*6-7H,2-5H2,1H3,(H,8,9,10);/q;;+2/p-2/b2*7-6+;. The smallest absolute Gasteiger partial charge is 0.716 e. The molecule has 0 aliphatic heterocycles. The van der Waals surface area contributed by atoms with Gasteiger partial charge in [-0.2, -0.15) is 0 Å². The van der Waals surface area contributed by atoms with E-state index in [0.29, 0.717) is 0 Å². The molecule has 0 radical (unpaired) electrons. The molecule has 0 aromatic carbocycles. The Hall–Kier alpha value is -0.334. The summed E-state index contributed by atoms with van der Waals surface area (Å²) in [6, 6.07) is 0. The van der Waals surface area contributed by atoms with Crippen molar-refractivity contribution in [3.63, 3.8) is 0 Å². The molecule has 0 amide bonds. The third kappa shape index (κ3) is 35.6. The Bertz CT molecular complexity index is 491. The van der Waals surface area contributed by atoms with E-state index in [2.05, 4.69) is 22.2 Å². The van der Waals surface area contributed by atoms with Gasteiger partial charge in [-0.25, -0.2) is 16.8 Å². The van der Waals surface area contributed by atoms with Crippen molar-refractivity contribution in [2.24, 2.45) is 0 Å². The topological polar surface area (TPSA) is 133 Å². The second-order valence-electron chi connectivity index (χ2n) is 4.74. The largest absolute Gasteiger partial charge is 2.00 e. The summed E-state index contributed by atoms with van der Waals surface area (Å²) in [6.45, 7) is 4.14. The van der Waals surface area contributed by atoms with Crippen molar-refractivity contribution in [1.29, 1.82) is 0 Å². The van der Waals surface area contributed by atoms with E-state index >= 15 is 0 Å². The van der Waals surface area contributed by atoms with Gasteiger partial charge in [0.25, 0.3) is 20.8 Å². The zero-order valence-electron chi connectivity index (χ0n) is 14.8. The number of allylic oxidation sites excluding steroid dienone is 2. The Labute approximate surface area is 167 Å². The van der Waals surface area contributed by atoms with E-state index in [1.165, 1.54) is 12.2 Å². The van der Waals surface area contributed by atoms with Gasteiger partial charge in [-0.05, 0) is 37.8 Å². The summed E-state index contributed by atoms with van der Waals surface area (Å²) < 4.78 is 67.0. The quantitative estimate of drug-likeness (QED) is 0.158. The molecule has 144 valence electrons. The predicted octanol–water partition coefficient (Wildman–Crippen LogP) is 2.73. The van der Waals surface area contributed by atoms with Gasteiger partial charge in [0.15, 0.2) is 0 Å². The first-order chi connectivity index (χ1) is 11.1. The zero-order chi connectivity index (χ0) is 18.9. The van der Waals surface area contributed by atoms with Crippen LogP contribution >= 0.6 is 0 Å². The Morgan fingerprint density at radius 2 is 1.04 bits per heavy atom. The van der Waals surface area contributed by atoms with E-state index in [1.807, 2.05) is 0 Å². The van der Waals surface area contributed by atoms with Crippen molar-refractivity contribution < 1.29 is 34.3 Å². The van der Waals surface area contributed by atoms with Crippen molar-refractivity contribution in [2.45, 2.75) is 65.2 Å². The van der Waals surface area contributed by atoms with Crippen LogP contribution in [0.5, 0.6) is 0 Å². The van der Waals surface area contributed by atoms with Gasteiger partial charge in [-0.15, -0.1) is 0 Å². The molecule has 0 saturated heterocycles. The molecule has 0 fully saturated rings. The molecular formula is C14H26MgO8S2. The predicted molar refractivity (Wildman–Crippen MR) is 93.9 cm³/mol. The van der Waals surface area contributed by atoms with Gasteiger partial charge in [0, 0.05) is 0 Å². The van der Waals surface area contributed by atoms with Gasteiger partial charge in [0.2, 0.25) is 0 Å². The minimum Gasteiger partial charge on any atom is -0.716 e. The van der Waals surface area contributed by atoms with Gasteiger partial charge < -0.3 is 17.5 Å². The first kappa shape index (κ1) is 29.4. The van der Waals surface area contributed by atoms with Crippen molar-refractivity contribution in [3.05, 3.63) is 24.7 Å². The Morgan fingerprint density at radius 1 is 0.720 bits per heavy atom. The van der Waals surface area contributed by atoms with Crippen LogP contribution < -0.4 is 0 Å². The summed E-state index contributed by atoms with van der Waals surface area (Å²) in [5, 5.41) is 0. The van der Waals surface area contributed by atoms with Crippen molar-refractivity contribution in [3.8, 4) is 0 Å². The number of unbranched alkanes of at least 4 members (excludes halogenated alkanes) is 6. The molecule has 25 heavy (non-hydrogen) atoms. The van der Waals surface area contributed by atoms with Gasteiger partial charge >= 0.3 is 23.1 Å². The molecule has 0 atom stereocenters. The monoisotopic (exact) mass is 410 g/mol. The van der Waals surface area contributed by atoms with Crippen LogP contribution in [0.4, 0.5) is 0 Å². The van der Waals surface area contributed by atoms with E-state index in [-0.39, 0.29) is 23.1 Å². The fraction of sp³-hybridized carbons (Fsp3) is 0.714. The first-order valence-electron chi connectivity index (χ1n) is 7.70. The maximum Gasteiger partial charge on any atom is 2.00 e. The number of rotatable bonds is 12. The average molecular weight is 411 g/mol. The molecule has 0 aromatic heterocycles. The molecule has 11 heteroatoms. The molecule has 0 heterocycles. The van der Waals surface area contributed by atoms with Gasteiger partial charge in [-0.3, -0.25) is 0 Å². The van der Waals surface area contributed by atoms with Crippen molar-refractivity contribution in [1.82, 2.24) is 0 Å². The van der Waals surface area contributed by atoms with E-state index < -0.39 is 20.8 Å². The molecule has 0 N–H and O–H groups in total. The van der Waals surface area contributed by atoms with E-state index in [9.17, 15) is 25.9 Å². The summed E-state index contributed by atoms with van der Waals surface area (Å²) >= 11 is 0. The van der Waals surface area contributed by atoms with E-state index in [4.69, 9.17) is 0 Å². The second-order valence-corrected chi connectivity index (χ2v) is 6.76. The van der Waals surface area contributed by atoms with Crippen LogP contribution in [0.3, 0.4) is 0 Å². The Kier molecular flexibility index (Phi) is 21.7. The summed E-state index contributed by atoms with van der Waals surface area (Å²) in [4.78, 5) is 0. The van der Waals surface area contributed by atoms with Crippen LogP contribution in [-0.4, -0.2) is 49.0 Å². The molecule has 0 bridgehead atoms. The average Bonchev–Trinajstić information content (AvgIpc) is 2.45. The molecule has 0 aliphatic carbocycles. The minimum atomic E-state index is -4.55. The van der Waals surface area contributed by atoms with Crippen LogP contribution in [-0.2, 0) is 29.2 Å². The summed E-state index contributed by atoms with van der Waals surface area (Å²) in [6.07, 6.45) is 12.8. The third-order valence-electron chi connectivity index (χ3n) is 2.49. The van der Waals surface area contributed by atoms with Gasteiger partial charge in [-0.1, -0.05) is 39.5 Å². The third-order valence-corrected chi connectivity index (χ3v) is 3.18. The van der Waals surface area contributed by atoms with Crippen LogP contribution in [0.15, 0.2) is 24.7 Å². The SMILES string of the molecule is CCCCC/C=C/OS(=O)(=O)[O-].CCCCC/C=C/OS(=O)(=O)[O-].[Mg+2]. The van der Waals surface area contributed by atoms with Crippen molar-refractivity contribution in [2.75, 3.05) is 0 Å². The fourth-order valence-electron chi connectivity index (χ4n) is 1.38. The molecule has 0 aromatic rings. The Morgan fingerprint density at radius 3 is 1.28 bits per heavy atom. The van der Waals surface area contributed by atoms with Crippen LogP contribution in [0.25, 0.3) is 0 Å². The second kappa shape index (κ2) is 18.5. The van der Waals surface area contributed by atoms with E-state index in [1.54, 1.807) is 0 Å². The first-order valence-corrected chi connectivity index (χ1v) is 10.4. The van der Waals surface area contributed by atoms with Crippen LogP contribution in [0.1, 0.15) is 65.2 Å². The summed E-state index contributed by atoms with van der Waals surface area (Å²) in [5.41, 5.74) is 0. The van der Waals surface area contributed by atoms with Crippen LogP contribution in [0, 0.1) is 0 Å². The minimum absolute atomic E-state index is 0. The van der Waals surface area contributed by atoms with Gasteiger partial charge in [0.05, 0.1) is 0 Å². The molecule has 0 unspecified atom stereocenters. The molecule has 8 nitrogen and oxygen atoms in total. The molecule has 0 aliphatic rings. The molecular weight excluding hydrogens is 385 g/mol. The van der Waals surface area contributed by atoms with Crippen LogP contribution in [0.2, 0.25) is 0 Å².